The van der Waals surface area contributed by atoms with E-state index in [0.717, 1.165) is 0 Å². The first-order chi connectivity index (χ1) is 5.84. The normalized spacial score (nSPS) is 14.9. The predicted octanol–water partition coefficient (Wildman–Crippen LogP) is 1.27. The molecule has 3 nitrogen and oxygen atoms in total. The Hall–Kier alpha value is -0.510. The van der Waals surface area contributed by atoms with E-state index in [2.05, 4.69) is 0 Å². The highest BCUT2D eigenvalue weighted by Crippen LogP contribution is 2.39. The van der Waals surface area contributed by atoms with Gasteiger partial charge in [0, 0.05) is 0 Å². The van der Waals surface area contributed by atoms with Crippen molar-refractivity contribution in [1.29, 1.82) is 0 Å². The van der Waals surface area contributed by atoms with Gasteiger partial charge in [0.15, 0.2) is 5.92 Å². The van der Waals surface area contributed by atoms with Gasteiger partial charge in [-0.2, -0.15) is 26.3 Å². The molecule has 0 saturated heterocycles. The van der Waals surface area contributed by atoms with E-state index in [0.29, 0.717) is 0 Å². The van der Waals surface area contributed by atoms with Gasteiger partial charge < -0.3 is 4.55 Å². The second-order valence-corrected chi connectivity index (χ2v) is 3.81. The van der Waals surface area contributed by atoms with Gasteiger partial charge in [0.1, 0.15) is 0 Å². The molecular formula is C4H3F6O3S-. The van der Waals surface area contributed by atoms with Crippen molar-refractivity contribution in [3.05, 3.63) is 0 Å². The molecule has 0 heterocycles. The summed E-state index contributed by atoms with van der Waals surface area (Å²) < 4.78 is 99.1. The largest absolute Gasteiger partial charge is 0.748 e. The van der Waals surface area contributed by atoms with E-state index < -0.39 is 34.1 Å². The molecule has 0 aromatic heterocycles. The van der Waals surface area contributed by atoms with Crippen LogP contribution in [-0.4, -0.2) is 31.1 Å². The molecule has 86 valence electrons. The maximum Gasteiger partial charge on any atom is 0.401 e. The average Bonchev–Trinajstić information content (AvgIpc) is 1.75. The Bertz CT molecular complexity index is 273. The van der Waals surface area contributed by atoms with Crippen LogP contribution in [-0.2, 0) is 10.1 Å². The molecule has 10 heteroatoms. The quantitative estimate of drug-likeness (QED) is 0.543. The van der Waals surface area contributed by atoms with Crippen LogP contribution in [0, 0.1) is 5.92 Å². The lowest BCUT2D eigenvalue weighted by Crippen LogP contribution is -2.41. The summed E-state index contributed by atoms with van der Waals surface area (Å²) in [5.41, 5.74) is 0. The smallest absolute Gasteiger partial charge is 0.401 e. The Morgan fingerprint density at radius 2 is 1.29 bits per heavy atom. The van der Waals surface area contributed by atoms with Crippen LogP contribution in [0.2, 0.25) is 0 Å². The van der Waals surface area contributed by atoms with E-state index in [9.17, 15) is 39.3 Å². The van der Waals surface area contributed by atoms with E-state index in [1.807, 2.05) is 0 Å². The van der Waals surface area contributed by atoms with Crippen LogP contribution in [0.5, 0.6) is 0 Å². The number of alkyl halides is 6. The Kier molecular flexibility index (Phi) is 3.44. The monoisotopic (exact) mass is 245 g/mol. The number of halogens is 6. The van der Waals surface area contributed by atoms with E-state index in [1.165, 1.54) is 0 Å². The minimum Gasteiger partial charge on any atom is -0.748 e. The van der Waals surface area contributed by atoms with Crippen LogP contribution in [0.4, 0.5) is 26.3 Å². The van der Waals surface area contributed by atoms with Crippen LogP contribution in [0.3, 0.4) is 0 Å². The standard InChI is InChI=1S/C4H4F6O3S/c5-3(6,7)2(4(8,9)10)1-14(11,12)13/h2H,1H2,(H,11,12,13)/p-1. The zero-order chi connectivity index (χ0) is 11.8. The molecule has 0 rings (SSSR count). The Balaban J connectivity index is 4.97. The Morgan fingerprint density at radius 3 is 1.36 bits per heavy atom. The van der Waals surface area contributed by atoms with Crippen molar-refractivity contribution in [2.75, 3.05) is 5.75 Å². The molecule has 0 bridgehead atoms. The fraction of sp³-hybridized carbons (Fsp3) is 1.00. The average molecular weight is 245 g/mol. The molecule has 0 aromatic carbocycles. The van der Waals surface area contributed by atoms with Crippen molar-refractivity contribution in [2.45, 2.75) is 12.4 Å². The molecule has 0 aliphatic carbocycles. The summed E-state index contributed by atoms with van der Waals surface area (Å²) in [6.07, 6.45) is -11.6. The lowest BCUT2D eigenvalue weighted by molar-refractivity contribution is -0.276. The van der Waals surface area contributed by atoms with Gasteiger partial charge in [-0.3, -0.25) is 0 Å². The zero-order valence-corrected chi connectivity index (χ0v) is 7.00. The van der Waals surface area contributed by atoms with Gasteiger partial charge >= 0.3 is 12.4 Å². The van der Waals surface area contributed by atoms with E-state index in [-0.39, 0.29) is 0 Å². The molecule has 0 amide bonds. The van der Waals surface area contributed by atoms with Gasteiger partial charge in [0.2, 0.25) is 0 Å². The second kappa shape index (κ2) is 3.57. The number of hydrogen-bond acceptors (Lipinski definition) is 3. The van der Waals surface area contributed by atoms with E-state index >= 15 is 0 Å². The molecule has 0 radical (unpaired) electrons. The zero-order valence-electron chi connectivity index (χ0n) is 6.19. The molecule has 14 heavy (non-hydrogen) atoms. The van der Waals surface area contributed by atoms with Crippen molar-refractivity contribution in [3.63, 3.8) is 0 Å². The summed E-state index contributed by atoms with van der Waals surface area (Å²) in [6.45, 7) is 0. The molecule has 0 N–H and O–H groups in total. The first-order valence-electron chi connectivity index (χ1n) is 2.91. The summed E-state index contributed by atoms with van der Waals surface area (Å²) in [6, 6.07) is 0. The summed E-state index contributed by atoms with van der Waals surface area (Å²) in [5, 5.41) is 0. The van der Waals surface area contributed by atoms with Crippen LogP contribution < -0.4 is 0 Å². The van der Waals surface area contributed by atoms with Crippen molar-refractivity contribution < 1.29 is 39.3 Å². The van der Waals surface area contributed by atoms with Gasteiger partial charge in [0.25, 0.3) is 0 Å². The SMILES string of the molecule is O=S(=O)([O-])CC(C(F)(F)F)C(F)(F)F. The lowest BCUT2D eigenvalue weighted by atomic mass is 10.1. The molecule has 0 atom stereocenters. The third kappa shape index (κ3) is 4.65. The van der Waals surface area contributed by atoms with Crippen LogP contribution >= 0.6 is 0 Å². The second-order valence-electron chi connectivity index (χ2n) is 2.36. The maximum absolute atomic E-state index is 11.6. The summed E-state index contributed by atoms with van der Waals surface area (Å²) in [7, 11) is -5.58. The molecule has 0 aliphatic heterocycles. The highest BCUT2D eigenvalue weighted by atomic mass is 32.2. The predicted molar refractivity (Wildman–Crippen MR) is 30.2 cm³/mol. The Labute approximate surface area is 74.5 Å². The molecule has 0 spiro atoms. The topological polar surface area (TPSA) is 57.2 Å². The lowest BCUT2D eigenvalue weighted by Gasteiger charge is -2.23. The molecule has 0 aliphatic rings. The molecule has 0 unspecified atom stereocenters. The molecular weight excluding hydrogens is 242 g/mol. The van der Waals surface area contributed by atoms with Gasteiger partial charge in [-0.1, -0.05) is 0 Å². The van der Waals surface area contributed by atoms with Gasteiger partial charge in [0.05, 0.1) is 15.9 Å². The minimum atomic E-state index is -5.80. The van der Waals surface area contributed by atoms with Crippen molar-refractivity contribution >= 4 is 10.1 Å². The van der Waals surface area contributed by atoms with E-state index in [1.54, 1.807) is 0 Å². The third-order valence-corrected chi connectivity index (χ3v) is 1.90. The van der Waals surface area contributed by atoms with E-state index in [4.69, 9.17) is 0 Å². The number of rotatable bonds is 2. The summed E-state index contributed by atoms with van der Waals surface area (Å²) >= 11 is 0. The summed E-state index contributed by atoms with van der Waals surface area (Å²) in [4.78, 5) is 0. The van der Waals surface area contributed by atoms with Crippen molar-refractivity contribution in [1.82, 2.24) is 0 Å². The molecule has 0 fully saturated rings. The van der Waals surface area contributed by atoms with Crippen LogP contribution in [0.15, 0.2) is 0 Å². The van der Waals surface area contributed by atoms with Gasteiger partial charge in [-0.05, 0) is 0 Å². The highest BCUT2D eigenvalue weighted by molar-refractivity contribution is 7.85. The van der Waals surface area contributed by atoms with Crippen LogP contribution in [0.1, 0.15) is 0 Å². The maximum atomic E-state index is 11.6. The number of hydrogen-bond donors (Lipinski definition) is 0. The fourth-order valence-corrected chi connectivity index (χ4v) is 1.36. The molecule has 0 aromatic rings. The first kappa shape index (κ1) is 13.5. The van der Waals surface area contributed by atoms with Crippen molar-refractivity contribution in [2.24, 2.45) is 5.92 Å². The van der Waals surface area contributed by atoms with Gasteiger partial charge in [-0.25, -0.2) is 8.42 Å². The molecule has 0 saturated carbocycles. The summed E-state index contributed by atoms with van der Waals surface area (Å²) in [5.74, 6) is -6.66. The third-order valence-electron chi connectivity index (χ3n) is 1.16. The van der Waals surface area contributed by atoms with Crippen LogP contribution in [0.25, 0.3) is 0 Å². The van der Waals surface area contributed by atoms with Crippen molar-refractivity contribution in [3.8, 4) is 0 Å². The fourth-order valence-electron chi connectivity index (χ4n) is 0.579. The Morgan fingerprint density at radius 1 is 1.00 bits per heavy atom. The van der Waals surface area contributed by atoms with Gasteiger partial charge in [-0.15, -0.1) is 0 Å². The highest BCUT2D eigenvalue weighted by Gasteiger charge is 2.57. The minimum absolute atomic E-state index is 2.53. The first-order valence-corrected chi connectivity index (χ1v) is 4.49.